The molecule has 0 saturated heterocycles. The second-order valence-electron chi connectivity index (χ2n) is 3.74. The Balaban J connectivity index is 0.00000256. The number of nitrogens with zero attached hydrogens (tertiary/aromatic N) is 3. The van der Waals surface area contributed by atoms with Crippen LogP contribution < -0.4 is 11.1 Å². The van der Waals surface area contributed by atoms with Crippen LogP contribution in [0.2, 0.25) is 0 Å². The van der Waals surface area contributed by atoms with E-state index in [-0.39, 0.29) is 24.0 Å². The van der Waals surface area contributed by atoms with Crippen LogP contribution in [-0.4, -0.2) is 28.8 Å². The summed E-state index contributed by atoms with van der Waals surface area (Å²) in [7, 11) is 1.94. The highest BCUT2D eigenvalue weighted by Crippen LogP contribution is 1.95. The van der Waals surface area contributed by atoms with Crippen molar-refractivity contribution in [3.8, 4) is 0 Å². The Hall–Kier alpha value is -0.790. The molecule has 0 fully saturated rings. The molecule has 0 aromatic carbocycles. The van der Waals surface area contributed by atoms with E-state index in [0.717, 1.165) is 32.4 Å². The first-order chi connectivity index (χ1) is 7.74. The van der Waals surface area contributed by atoms with Crippen molar-refractivity contribution in [2.45, 2.75) is 26.2 Å². The van der Waals surface area contributed by atoms with E-state index in [0.29, 0.717) is 5.96 Å². The van der Waals surface area contributed by atoms with E-state index in [9.17, 15) is 0 Å². The van der Waals surface area contributed by atoms with Gasteiger partial charge in [0.05, 0.1) is 0 Å². The van der Waals surface area contributed by atoms with Crippen molar-refractivity contribution in [1.29, 1.82) is 0 Å². The zero-order chi connectivity index (χ0) is 11.8. The second-order valence-corrected chi connectivity index (χ2v) is 3.74. The lowest BCUT2D eigenvalue weighted by molar-refractivity contribution is 0.693. The molecular formula is C11H22IN5. The van der Waals surface area contributed by atoms with E-state index in [1.54, 1.807) is 6.20 Å². The molecule has 0 bridgehead atoms. The molecule has 0 radical (unpaired) electrons. The van der Waals surface area contributed by atoms with Gasteiger partial charge in [-0.2, -0.15) is 5.10 Å². The number of halogens is 1. The lowest BCUT2D eigenvalue weighted by atomic mass is 10.3. The van der Waals surface area contributed by atoms with Gasteiger partial charge in [-0.05, 0) is 12.5 Å². The van der Waals surface area contributed by atoms with Gasteiger partial charge in [-0.15, -0.1) is 24.0 Å². The SMILES string of the molecule is CCCCN=C(N)NCCc1ccnn1C.I. The summed E-state index contributed by atoms with van der Waals surface area (Å²) >= 11 is 0. The third-order valence-corrected chi connectivity index (χ3v) is 2.40. The highest BCUT2D eigenvalue weighted by atomic mass is 127. The van der Waals surface area contributed by atoms with Crippen LogP contribution in [-0.2, 0) is 13.5 Å². The fourth-order valence-corrected chi connectivity index (χ4v) is 1.38. The summed E-state index contributed by atoms with van der Waals surface area (Å²) in [6.07, 6.45) is 4.93. The van der Waals surface area contributed by atoms with Gasteiger partial charge < -0.3 is 11.1 Å². The average Bonchev–Trinajstić information content (AvgIpc) is 2.65. The van der Waals surface area contributed by atoms with Gasteiger partial charge in [0, 0.05) is 38.4 Å². The summed E-state index contributed by atoms with van der Waals surface area (Å²) in [5, 5.41) is 7.20. The minimum absolute atomic E-state index is 0. The Morgan fingerprint density at radius 2 is 2.35 bits per heavy atom. The normalized spacial score (nSPS) is 11.1. The first-order valence-electron chi connectivity index (χ1n) is 5.74. The number of hydrogen-bond donors (Lipinski definition) is 2. The molecule has 5 nitrogen and oxygen atoms in total. The predicted molar refractivity (Wildman–Crippen MR) is 81.7 cm³/mol. The molecule has 1 rings (SSSR count). The largest absolute Gasteiger partial charge is 0.370 e. The lowest BCUT2D eigenvalue weighted by Gasteiger charge is -2.05. The zero-order valence-corrected chi connectivity index (χ0v) is 12.8. The van der Waals surface area contributed by atoms with Crippen molar-refractivity contribution in [2.24, 2.45) is 17.8 Å². The number of rotatable bonds is 6. The molecule has 0 unspecified atom stereocenters. The van der Waals surface area contributed by atoms with Crippen molar-refractivity contribution in [2.75, 3.05) is 13.1 Å². The van der Waals surface area contributed by atoms with Crippen molar-refractivity contribution in [3.05, 3.63) is 18.0 Å². The van der Waals surface area contributed by atoms with E-state index >= 15 is 0 Å². The third kappa shape index (κ3) is 6.50. The van der Waals surface area contributed by atoms with Gasteiger partial charge in [0.2, 0.25) is 0 Å². The number of unbranched alkanes of at least 4 members (excludes halogenated alkanes) is 1. The van der Waals surface area contributed by atoms with Crippen molar-refractivity contribution in [3.63, 3.8) is 0 Å². The van der Waals surface area contributed by atoms with Crippen molar-refractivity contribution in [1.82, 2.24) is 15.1 Å². The maximum Gasteiger partial charge on any atom is 0.188 e. The van der Waals surface area contributed by atoms with Gasteiger partial charge in [-0.3, -0.25) is 9.67 Å². The third-order valence-electron chi connectivity index (χ3n) is 2.40. The van der Waals surface area contributed by atoms with Gasteiger partial charge in [0.15, 0.2) is 5.96 Å². The average molecular weight is 351 g/mol. The Kier molecular flexibility index (Phi) is 8.83. The van der Waals surface area contributed by atoms with Crippen LogP contribution in [0.25, 0.3) is 0 Å². The summed E-state index contributed by atoms with van der Waals surface area (Å²) < 4.78 is 1.87. The van der Waals surface area contributed by atoms with Crippen molar-refractivity contribution >= 4 is 29.9 Å². The quantitative estimate of drug-likeness (QED) is 0.351. The molecule has 98 valence electrons. The molecule has 6 heteroatoms. The topological polar surface area (TPSA) is 68.2 Å². The molecule has 0 amide bonds. The van der Waals surface area contributed by atoms with Gasteiger partial charge in [0.1, 0.15) is 0 Å². The number of aromatic nitrogens is 2. The first kappa shape index (κ1) is 16.2. The lowest BCUT2D eigenvalue weighted by Crippen LogP contribution is -2.33. The number of guanidine groups is 1. The van der Waals surface area contributed by atoms with Crippen LogP contribution in [0.4, 0.5) is 0 Å². The highest BCUT2D eigenvalue weighted by Gasteiger charge is 1.98. The summed E-state index contributed by atoms with van der Waals surface area (Å²) in [5.41, 5.74) is 6.90. The van der Waals surface area contributed by atoms with Gasteiger partial charge >= 0.3 is 0 Å². The molecular weight excluding hydrogens is 329 g/mol. The summed E-state index contributed by atoms with van der Waals surface area (Å²) in [4.78, 5) is 4.22. The Morgan fingerprint density at radius 1 is 1.59 bits per heavy atom. The van der Waals surface area contributed by atoms with Gasteiger partial charge in [-0.1, -0.05) is 13.3 Å². The van der Waals surface area contributed by atoms with Crippen LogP contribution in [0.3, 0.4) is 0 Å². The van der Waals surface area contributed by atoms with E-state index < -0.39 is 0 Å². The minimum atomic E-state index is 0. The fourth-order valence-electron chi connectivity index (χ4n) is 1.38. The second kappa shape index (κ2) is 9.26. The number of nitrogens with two attached hydrogens (primary N) is 1. The maximum absolute atomic E-state index is 5.71. The molecule has 0 aliphatic rings. The summed E-state index contributed by atoms with van der Waals surface area (Å²) in [6.45, 7) is 3.74. The number of nitrogens with one attached hydrogen (secondary N) is 1. The van der Waals surface area contributed by atoms with E-state index in [2.05, 4.69) is 22.3 Å². The summed E-state index contributed by atoms with van der Waals surface area (Å²) in [5.74, 6) is 0.538. The molecule has 3 N–H and O–H groups in total. The Morgan fingerprint density at radius 3 is 2.94 bits per heavy atom. The fraction of sp³-hybridized carbons (Fsp3) is 0.636. The van der Waals surface area contributed by atoms with Crippen LogP contribution in [0, 0.1) is 0 Å². The number of aryl methyl sites for hydroxylation is 1. The Bertz CT molecular complexity index is 334. The highest BCUT2D eigenvalue weighted by molar-refractivity contribution is 14.0. The molecule has 1 heterocycles. The van der Waals surface area contributed by atoms with Gasteiger partial charge in [0.25, 0.3) is 0 Å². The molecule has 0 saturated carbocycles. The number of aliphatic imine (C=N–C) groups is 1. The van der Waals surface area contributed by atoms with Crippen molar-refractivity contribution < 1.29 is 0 Å². The maximum atomic E-state index is 5.71. The predicted octanol–water partition coefficient (Wildman–Crippen LogP) is 1.28. The van der Waals surface area contributed by atoms with E-state index in [1.807, 2.05) is 17.8 Å². The molecule has 0 aliphatic carbocycles. The monoisotopic (exact) mass is 351 g/mol. The molecule has 0 atom stereocenters. The molecule has 1 aromatic heterocycles. The van der Waals surface area contributed by atoms with Crippen LogP contribution in [0.1, 0.15) is 25.5 Å². The van der Waals surface area contributed by atoms with Crippen LogP contribution >= 0.6 is 24.0 Å². The van der Waals surface area contributed by atoms with Crippen LogP contribution in [0.5, 0.6) is 0 Å². The van der Waals surface area contributed by atoms with E-state index in [4.69, 9.17) is 5.73 Å². The van der Waals surface area contributed by atoms with Crippen LogP contribution in [0.15, 0.2) is 17.3 Å². The Labute approximate surface area is 120 Å². The van der Waals surface area contributed by atoms with Gasteiger partial charge in [-0.25, -0.2) is 0 Å². The molecule has 17 heavy (non-hydrogen) atoms. The molecule has 1 aromatic rings. The molecule has 0 aliphatic heterocycles. The summed E-state index contributed by atoms with van der Waals surface area (Å²) in [6, 6.07) is 2.01. The molecule has 0 spiro atoms. The standard InChI is InChI=1S/C11H21N5.HI/c1-3-4-7-13-11(12)14-8-5-10-6-9-15-16(10)2;/h6,9H,3-5,7-8H2,1-2H3,(H3,12,13,14);1H. The first-order valence-corrected chi connectivity index (χ1v) is 5.74. The van der Waals surface area contributed by atoms with E-state index in [1.165, 1.54) is 5.69 Å². The zero-order valence-electron chi connectivity index (χ0n) is 10.5. The number of hydrogen-bond acceptors (Lipinski definition) is 2. The smallest absolute Gasteiger partial charge is 0.188 e. The minimum Gasteiger partial charge on any atom is -0.370 e.